The van der Waals surface area contributed by atoms with Crippen LogP contribution < -0.4 is 11.1 Å². The van der Waals surface area contributed by atoms with E-state index in [0.717, 1.165) is 29.0 Å². The lowest BCUT2D eigenvalue weighted by molar-refractivity contribution is 0.0739. The molecule has 0 radical (unpaired) electrons. The topological polar surface area (TPSA) is 136 Å². The van der Waals surface area contributed by atoms with Gasteiger partial charge in [-0.3, -0.25) is 4.79 Å². The lowest BCUT2D eigenvalue weighted by atomic mass is 10.0. The van der Waals surface area contributed by atoms with Crippen LogP contribution in [0.3, 0.4) is 0 Å². The number of fused-ring (bicyclic) bond motifs is 1. The highest BCUT2D eigenvalue weighted by Gasteiger charge is 2.27. The molecule has 2 aromatic rings. The van der Waals surface area contributed by atoms with Gasteiger partial charge in [0.15, 0.2) is 0 Å². The van der Waals surface area contributed by atoms with Gasteiger partial charge in [0.05, 0.1) is 17.1 Å². The second kappa shape index (κ2) is 9.63. The van der Waals surface area contributed by atoms with Crippen molar-refractivity contribution in [2.45, 2.75) is 45.2 Å². The number of thiophene rings is 1. The Kier molecular flexibility index (Phi) is 7.52. The van der Waals surface area contributed by atoms with E-state index in [2.05, 4.69) is 22.2 Å². The summed E-state index contributed by atoms with van der Waals surface area (Å²) in [6.45, 7) is 3.31. The van der Waals surface area contributed by atoms with Gasteiger partial charge in [0, 0.05) is 31.2 Å². The second-order valence-electron chi connectivity index (χ2n) is 6.45. The Balaban J connectivity index is 0.00000261. The molecule has 3 rings (SSSR count). The molecule has 8 nitrogen and oxygen atoms in total. The zero-order chi connectivity index (χ0) is 18.5. The smallest absolute Gasteiger partial charge is 0.264 e. The fourth-order valence-corrected chi connectivity index (χ4v) is 3.96. The molecular formula is C18H27N5O3S. The first-order chi connectivity index (χ1) is 12.6. The van der Waals surface area contributed by atoms with Gasteiger partial charge in [-0.05, 0) is 24.3 Å². The first kappa shape index (κ1) is 21.1. The van der Waals surface area contributed by atoms with Gasteiger partial charge in [-0.15, -0.1) is 11.3 Å². The van der Waals surface area contributed by atoms with Crippen LogP contribution in [0.25, 0.3) is 0 Å². The molecule has 2 aromatic heterocycles. The number of nitrogens with one attached hydrogen (secondary N) is 1. The third-order valence-corrected chi connectivity index (χ3v) is 5.41. The van der Waals surface area contributed by atoms with Crippen LogP contribution in [0, 0.1) is 0 Å². The number of carbonyl (C=O) groups excluding carboxylic acids is 1. The van der Waals surface area contributed by atoms with Crippen molar-refractivity contribution in [1.82, 2.24) is 14.9 Å². The third-order valence-electron chi connectivity index (χ3n) is 4.55. The maximum atomic E-state index is 12.7. The molecule has 0 aliphatic carbocycles. The molecule has 0 fully saturated rings. The number of anilines is 2. The first-order valence-corrected chi connectivity index (χ1v) is 9.85. The molecule has 9 heteroatoms. The molecule has 0 aromatic carbocycles. The molecule has 1 amide bonds. The maximum Gasteiger partial charge on any atom is 0.264 e. The van der Waals surface area contributed by atoms with Crippen molar-refractivity contribution < 1.29 is 15.4 Å². The van der Waals surface area contributed by atoms with Crippen molar-refractivity contribution in [1.29, 1.82) is 0 Å². The Labute approximate surface area is 162 Å². The van der Waals surface area contributed by atoms with Crippen molar-refractivity contribution >= 4 is 29.0 Å². The number of hydrogen-bond donors (Lipinski definition) is 3. The van der Waals surface area contributed by atoms with E-state index in [0.29, 0.717) is 31.7 Å². The normalized spacial score (nSPS) is 14.2. The van der Waals surface area contributed by atoms with E-state index in [9.17, 15) is 9.90 Å². The Morgan fingerprint density at radius 2 is 2.26 bits per heavy atom. The number of nitrogens with two attached hydrogens (primary N) is 1. The molecule has 6 N–H and O–H groups in total. The van der Waals surface area contributed by atoms with Gasteiger partial charge in [-0.1, -0.05) is 19.4 Å². The minimum atomic E-state index is 0. The van der Waals surface area contributed by atoms with Crippen molar-refractivity contribution in [2.75, 3.05) is 24.2 Å². The Bertz CT molecular complexity index is 748. The molecule has 148 valence electrons. The van der Waals surface area contributed by atoms with Crippen molar-refractivity contribution in [3.8, 4) is 0 Å². The summed E-state index contributed by atoms with van der Waals surface area (Å²) in [4.78, 5) is 24.0. The maximum absolute atomic E-state index is 12.7. The Hall–Kier alpha value is -2.23. The molecule has 0 unspecified atom stereocenters. The number of hydrogen-bond acceptors (Lipinski definition) is 7. The zero-order valence-electron chi connectivity index (χ0n) is 15.4. The van der Waals surface area contributed by atoms with Crippen molar-refractivity contribution in [3.63, 3.8) is 0 Å². The molecule has 0 saturated carbocycles. The van der Waals surface area contributed by atoms with Gasteiger partial charge >= 0.3 is 0 Å². The largest absolute Gasteiger partial charge is 0.412 e. The average molecular weight is 394 g/mol. The standard InChI is InChI=1S/C18H25N5O2S.H2O/c1-2-4-12(7-9-24)20-16-13-11-23(17(25)15-5-3-10-26-15)8-6-14(13)21-18(19)22-16;/h3,5,10,12,24H,2,4,6-9,11H2,1H3,(H3,19,20,21,22);1H2/t12-;/m0./s1. The number of nitrogens with zero attached hydrogens (tertiary/aromatic N) is 3. The number of amides is 1. The highest BCUT2D eigenvalue weighted by molar-refractivity contribution is 7.12. The van der Waals surface area contributed by atoms with Crippen LogP contribution in [0.2, 0.25) is 0 Å². The molecule has 0 bridgehead atoms. The van der Waals surface area contributed by atoms with E-state index in [4.69, 9.17) is 5.73 Å². The fraction of sp³-hybridized carbons (Fsp3) is 0.500. The van der Waals surface area contributed by atoms with Crippen LogP contribution in [0.15, 0.2) is 17.5 Å². The number of aliphatic hydroxyl groups excluding tert-OH is 1. The summed E-state index contributed by atoms with van der Waals surface area (Å²) in [5, 5.41) is 14.6. The van der Waals surface area contributed by atoms with Gasteiger partial charge in [0.25, 0.3) is 5.91 Å². The van der Waals surface area contributed by atoms with E-state index in [1.54, 1.807) is 0 Å². The Morgan fingerprint density at radius 1 is 1.44 bits per heavy atom. The van der Waals surface area contributed by atoms with Crippen LogP contribution in [-0.2, 0) is 13.0 Å². The van der Waals surface area contributed by atoms with Crippen LogP contribution >= 0.6 is 11.3 Å². The van der Waals surface area contributed by atoms with Crippen LogP contribution in [0.1, 0.15) is 47.1 Å². The lowest BCUT2D eigenvalue weighted by Gasteiger charge is -2.30. The van der Waals surface area contributed by atoms with E-state index in [-0.39, 0.29) is 30.0 Å². The summed E-state index contributed by atoms with van der Waals surface area (Å²) in [5.41, 5.74) is 7.71. The van der Waals surface area contributed by atoms with E-state index in [1.165, 1.54) is 11.3 Å². The van der Waals surface area contributed by atoms with Gasteiger partial charge in [0.1, 0.15) is 5.82 Å². The summed E-state index contributed by atoms with van der Waals surface area (Å²) in [6.07, 6.45) is 3.23. The third kappa shape index (κ3) is 4.94. The number of aliphatic hydroxyl groups is 1. The van der Waals surface area contributed by atoms with Gasteiger partial charge in [-0.25, -0.2) is 4.98 Å². The number of aromatic nitrogens is 2. The monoisotopic (exact) mass is 393 g/mol. The molecule has 1 aliphatic heterocycles. The number of rotatable bonds is 7. The van der Waals surface area contributed by atoms with E-state index >= 15 is 0 Å². The zero-order valence-corrected chi connectivity index (χ0v) is 16.3. The quantitative estimate of drug-likeness (QED) is 0.651. The SMILES string of the molecule is CCC[C@@H](CCO)Nc1nc(N)nc2c1CN(C(=O)c1cccs1)CC2.O. The Morgan fingerprint density at radius 3 is 2.93 bits per heavy atom. The van der Waals surface area contributed by atoms with Crippen LogP contribution in [-0.4, -0.2) is 50.6 Å². The van der Waals surface area contributed by atoms with Crippen LogP contribution in [0.4, 0.5) is 11.8 Å². The van der Waals surface area contributed by atoms with Crippen molar-refractivity contribution in [2.24, 2.45) is 0 Å². The summed E-state index contributed by atoms with van der Waals surface area (Å²) >= 11 is 1.45. The van der Waals surface area contributed by atoms with Gasteiger partial charge in [-0.2, -0.15) is 4.98 Å². The highest BCUT2D eigenvalue weighted by Crippen LogP contribution is 2.27. The predicted molar refractivity (Wildman–Crippen MR) is 107 cm³/mol. The number of carbonyl (C=O) groups is 1. The summed E-state index contributed by atoms with van der Waals surface area (Å²) in [6, 6.07) is 3.85. The second-order valence-corrected chi connectivity index (χ2v) is 7.40. The highest BCUT2D eigenvalue weighted by atomic mass is 32.1. The fourth-order valence-electron chi connectivity index (χ4n) is 3.27. The summed E-state index contributed by atoms with van der Waals surface area (Å²) in [5.74, 6) is 0.959. The van der Waals surface area contributed by atoms with E-state index < -0.39 is 0 Å². The minimum Gasteiger partial charge on any atom is -0.412 e. The van der Waals surface area contributed by atoms with Crippen LogP contribution in [0.5, 0.6) is 0 Å². The molecule has 1 aliphatic rings. The molecule has 0 spiro atoms. The average Bonchev–Trinajstić information content (AvgIpc) is 3.16. The summed E-state index contributed by atoms with van der Waals surface area (Å²) in [7, 11) is 0. The molecule has 3 heterocycles. The molecule has 1 atom stereocenters. The van der Waals surface area contributed by atoms with Gasteiger partial charge in [0.2, 0.25) is 5.95 Å². The predicted octanol–water partition coefficient (Wildman–Crippen LogP) is 1.46. The number of nitrogen functional groups attached to an aromatic ring is 1. The van der Waals surface area contributed by atoms with Gasteiger partial charge < -0.3 is 26.5 Å². The molecule has 27 heavy (non-hydrogen) atoms. The van der Waals surface area contributed by atoms with Crippen molar-refractivity contribution in [3.05, 3.63) is 33.6 Å². The first-order valence-electron chi connectivity index (χ1n) is 8.97. The molecular weight excluding hydrogens is 366 g/mol. The molecule has 0 saturated heterocycles. The van der Waals surface area contributed by atoms with E-state index in [1.807, 2.05) is 22.4 Å². The lowest BCUT2D eigenvalue weighted by Crippen LogP contribution is -2.37. The summed E-state index contributed by atoms with van der Waals surface area (Å²) < 4.78 is 0. The minimum absolute atomic E-state index is 0.